The second-order valence-electron chi connectivity index (χ2n) is 6.79. The van der Waals surface area contributed by atoms with Crippen LogP contribution in [0.4, 0.5) is 0 Å². The van der Waals surface area contributed by atoms with Crippen LogP contribution in [-0.2, 0) is 13.6 Å². The third-order valence-corrected chi connectivity index (χ3v) is 5.11. The van der Waals surface area contributed by atoms with E-state index in [-0.39, 0.29) is 5.92 Å². The number of halogens is 1. The van der Waals surface area contributed by atoms with Crippen molar-refractivity contribution in [2.75, 3.05) is 13.6 Å². The number of hydrogen-bond acceptors (Lipinski definition) is 2. The summed E-state index contributed by atoms with van der Waals surface area (Å²) in [4.78, 5) is 6.66. The summed E-state index contributed by atoms with van der Waals surface area (Å²) >= 11 is 6.24. The first kappa shape index (κ1) is 16.2. The Labute approximate surface area is 153 Å². The fourth-order valence-corrected chi connectivity index (χ4v) is 3.85. The molecule has 4 rings (SSSR count). The van der Waals surface area contributed by atoms with Gasteiger partial charge >= 0.3 is 0 Å². The average molecular weight is 350 g/mol. The summed E-state index contributed by atoms with van der Waals surface area (Å²) in [6.07, 6.45) is 1.84. The molecule has 0 saturated carbocycles. The normalized spacial score (nSPS) is 17.2. The monoisotopic (exact) mass is 349 g/mol. The van der Waals surface area contributed by atoms with Gasteiger partial charge in [0.1, 0.15) is 0 Å². The Balaban J connectivity index is 1.82. The van der Waals surface area contributed by atoms with Gasteiger partial charge < -0.3 is 9.47 Å². The fourth-order valence-electron chi connectivity index (χ4n) is 3.68. The molecule has 3 heterocycles. The lowest BCUT2D eigenvalue weighted by Gasteiger charge is -2.28. The Morgan fingerprint density at radius 1 is 1.20 bits per heavy atom. The molecule has 1 unspecified atom stereocenters. The Kier molecular flexibility index (Phi) is 4.03. The molecule has 4 heteroatoms. The first-order valence-corrected chi connectivity index (χ1v) is 8.80. The van der Waals surface area contributed by atoms with E-state index in [9.17, 15) is 0 Å². The van der Waals surface area contributed by atoms with Gasteiger partial charge in [0, 0.05) is 59.2 Å². The number of aryl methyl sites for hydroxylation is 2. The average Bonchev–Trinajstić information content (AvgIpc) is 2.86. The van der Waals surface area contributed by atoms with E-state index in [1.54, 1.807) is 0 Å². The smallest absolute Gasteiger partial charge is 0.0738 e. The second kappa shape index (κ2) is 6.22. The molecule has 2 aromatic heterocycles. The predicted octanol–water partition coefficient (Wildman–Crippen LogP) is 4.12. The maximum absolute atomic E-state index is 6.24. The van der Waals surface area contributed by atoms with Gasteiger partial charge in [-0.25, -0.2) is 0 Å². The van der Waals surface area contributed by atoms with Gasteiger partial charge in [-0.05, 0) is 49.9 Å². The molecule has 25 heavy (non-hydrogen) atoms. The lowest BCUT2D eigenvalue weighted by molar-refractivity contribution is 0.298. The van der Waals surface area contributed by atoms with Crippen LogP contribution in [0, 0.1) is 18.8 Å². The number of benzene rings is 1. The molecule has 0 N–H and O–H groups in total. The minimum Gasteiger partial charge on any atom is -0.346 e. The van der Waals surface area contributed by atoms with Crippen LogP contribution in [0.2, 0.25) is 5.02 Å². The number of hydrogen-bond donors (Lipinski definition) is 0. The Hall–Kier alpha value is -2.28. The zero-order valence-corrected chi connectivity index (χ0v) is 15.4. The van der Waals surface area contributed by atoms with Gasteiger partial charge in [0.25, 0.3) is 0 Å². The lowest BCUT2D eigenvalue weighted by Crippen LogP contribution is -2.30. The van der Waals surface area contributed by atoms with Crippen LogP contribution in [-0.4, -0.2) is 28.0 Å². The molecule has 0 radical (unpaired) electrons. The first-order chi connectivity index (χ1) is 12.0. The maximum atomic E-state index is 6.24. The number of pyridine rings is 1. The number of likely N-dealkylation sites (N-methyl/N-ethyl adjacent to an activating group) is 1. The van der Waals surface area contributed by atoms with Crippen LogP contribution in [0.15, 0.2) is 36.5 Å². The predicted molar refractivity (Wildman–Crippen MR) is 103 cm³/mol. The fraction of sp³-hybridized carbons (Fsp3) is 0.286. The van der Waals surface area contributed by atoms with E-state index in [1.807, 2.05) is 31.3 Å². The Morgan fingerprint density at radius 3 is 2.80 bits per heavy atom. The van der Waals surface area contributed by atoms with Gasteiger partial charge in [0.2, 0.25) is 0 Å². The molecule has 0 fully saturated rings. The summed E-state index contributed by atoms with van der Waals surface area (Å²) in [5.74, 6) is 6.95. The third-order valence-electron chi connectivity index (χ3n) is 4.87. The van der Waals surface area contributed by atoms with Gasteiger partial charge in [-0.1, -0.05) is 23.4 Å². The van der Waals surface area contributed by atoms with Gasteiger partial charge in [-0.3, -0.25) is 4.98 Å². The highest BCUT2D eigenvalue weighted by Gasteiger charge is 2.28. The Morgan fingerprint density at radius 2 is 2.04 bits per heavy atom. The summed E-state index contributed by atoms with van der Waals surface area (Å²) in [5.41, 5.74) is 5.84. The van der Waals surface area contributed by atoms with Crippen molar-refractivity contribution in [2.24, 2.45) is 7.05 Å². The van der Waals surface area contributed by atoms with Crippen LogP contribution in [0.25, 0.3) is 10.9 Å². The molecule has 0 spiro atoms. The van der Waals surface area contributed by atoms with E-state index < -0.39 is 0 Å². The minimum absolute atomic E-state index is 0.172. The van der Waals surface area contributed by atoms with Crippen LogP contribution < -0.4 is 0 Å². The quantitative estimate of drug-likeness (QED) is 0.569. The molecule has 0 saturated heterocycles. The molecule has 1 aliphatic heterocycles. The zero-order valence-electron chi connectivity index (χ0n) is 14.7. The van der Waals surface area contributed by atoms with Gasteiger partial charge in [0.15, 0.2) is 0 Å². The van der Waals surface area contributed by atoms with Crippen molar-refractivity contribution in [3.8, 4) is 11.8 Å². The zero-order chi connectivity index (χ0) is 17.6. The highest BCUT2D eigenvalue weighted by atomic mass is 35.5. The van der Waals surface area contributed by atoms with E-state index in [2.05, 4.69) is 52.5 Å². The third kappa shape index (κ3) is 2.93. The molecule has 1 atom stereocenters. The van der Waals surface area contributed by atoms with Crippen molar-refractivity contribution >= 4 is 22.5 Å². The number of fused-ring (bicyclic) bond motifs is 3. The summed E-state index contributed by atoms with van der Waals surface area (Å²) in [6, 6.07) is 10.2. The summed E-state index contributed by atoms with van der Waals surface area (Å²) in [7, 11) is 4.27. The van der Waals surface area contributed by atoms with E-state index in [0.29, 0.717) is 0 Å². The summed E-state index contributed by atoms with van der Waals surface area (Å²) in [6.45, 7) is 3.84. The number of rotatable bonds is 0. The van der Waals surface area contributed by atoms with Gasteiger partial charge in [-0.15, -0.1) is 0 Å². The first-order valence-electron chi connectivity index (χ1n) is 8.42. The highest BCUT2D eigenvalue weighted by molar-refractivity contribution is 6.31. The summed E-state index contributed by atoms with van der Waals surface area (Å²) in [5, 5.41) is 2.02. The number of nitrogens with zero attached hydrogens (tertiary/aromatic N) is 3. The van der Waals surface area contributed by atoms with Crippen molar-refractivity contribution in [1.82, 2.24) is 14.5 Å². The minimum atomic E-state index is 0.172. The maximum Gasteiger partial charge on any atom is 0.0738 e. The molecule has 3 nitrogen and oxygen atoms in total. The van der Waals surface area contributed by atoms with E-state index >= 15 is 0 Å². The van der Waals surface area contributed by atoms with Crippen molar-refractivity contribution < 1.29 is 0 Å². The van der Waals surface area contributed by atoms with Crippen molar-refractivity contribution in [2.45, 2.75) is 19.4 Å². The molecule has 0 bridgehead atoms. The molecule has 1 aliphatic rings. The van der Waals surface area contributed by atoms with Crippen LogP contribution in [0.1, 0.15) is 28.4 Å². The molecular formula is C21H20ClN3. The summed E-state index contributed by atoms with van der Waals surface area (Å²) < 4.78 is 2.28. The van der Waals surface area contributed by atoms with Crippen LogP contribution >= 0.6 is 11.6 Å². The van der Waals surface area contributed by atoms with Crippen molar-refractivity contribution in [3.05, 3.63) is 64.1 Å². The van der Waals surface area contributed by atoms with E-state index in [1.165, 1.54) is 22.2 Å². The topological polar surface area (TPSA) is 21.1 Å². The SMILES string of the molecule is Cc1ccc(C#CC2CN(C)Cc3c2n(C)c2ccc(Cl)cc32)cn1. The molecule has 0 aliphatic carbocycles. The van der Waals surface area contributed by atoms with Crippen molar-refractivity contribution in [3.63, 3.8) is 0 Å². The van der Waals surface area contributed by atoms with Gasteiger partial charge in [-0.2, -0.15) is 0 Å². The molecule has 126 valence electrons. The van der Waals surface area contributed by atoms with E-state index in [0.717, 1.165) is 29.4 Å². The highest BCUT2D eigenvalue weighted by Crippen LogP contribution is 2.36. The molecule has 0 amide bonds. The molecular weight excluding hydrogens is 330 g/mol. The largest absolute Gasteiger partial charge is 0.346 e. The van der Waals surface area contributed by atoms with Crippen LogP contribution in [0.3, 0.4) is 0 Å². The van der Waals surface area contributed by atoms with Crippen LogP contribution in [0.5, 0.6) is 0 Å². The Bertz CT molecular complexity index is 1010. The molecule has 1 aromatic carbocycles. The standard InChI is InChI=1S/C21H20ClN3/c1-14-4-5-15(11-23-14)6-7-16-12-24(2)13-19-18-10-17(22)8-9-20(18)25(3)21(16)19/h4-5,8-11,16H,12-13H2,1-3H3. The lowest BCUT2D eigenvalue weighted by atomic mass is 9.95. The van der Waals surface area contributed by atoms with E-state index in [4.69, 9.17) is 11.6 Å². The number of aromatic nitrogens is 2. The second-order valence-corrected chi connectivity index (χ2v) is 7.23. The van der Waals surface area contributed by atoms with Gasteiger partial charge in [0.05, 0.1) is 5.92 Å². The molecule has 3 aromatic rings. The van der Waals surface area contributed by atoms with Crippen molar-refractivity contribution in [1.29, 1.82) is 0 Å².